The third-order valence-corrected chi connectivity index (χ3v) is 2.41. The summed E-state index contributed by atoms with van der Waals surface area (Å²) in [6.45, 7) is 6.88. The Hall–Kier alpha value is -0.460. The summed E-state index contributed by atoms with van der Waals surface area (Å²) in [4.78, 5) is 0. The highest BCUT2D eigenvalue weighted by atomic mass is 14.8. The van der Waals surface area contributed by atoms with Crippen molar-refractivity contribution in [3.8, 4) is 0 Å². The predicted octanol–water partition coefficient (Wildman–Crippen LogP) is 2.79. The molecule has 0 aromatic heterocycles. The van der Waals surface area contributed by atoms with Crippen molar-refractivity contribution in [3.05, 3.63) is 12.3 Å². The molecule has 0 aliphatic rings. The highest BCUT2D eigenvalue weighted by Crippen LogP contribution is 2.17. The zero-order chi connectivity index (χ0) is 8.69. The molecule has 1 nitrogen and oxygen atoms in total. The molecule has 0 bridgehead atoms. The molecule has 66 valence electrons. The molecule has 0 saturated heterocycles. The summed E-state index contributed by atoms with van der Waals surface area (Å²) in [7, 11) is 1.93. The Bertz CT molecular complexity index is 107. The monoisotopic (exact) mass is 155 g/mol. The SMILES string of the molecule is CCC(C)C(C)C/C=C/NC. The van der Waals surface area contributed by atoms with E-state index in [2.05, 4.69) is 32.2 Å². The lowest BCUT2D eigenvalue weighted by atomic mass is 9.91. The first-order chi connectivity index (χ1) is 5.22. The molecule has 0 saturated carbocycles. The minimum absolute atomic E-state index is 0.810. The van der Waals surface area contributed by atoms with Crippen LogP contribution in [-0.4, -0.2) is 7.05 Å². The van der Waals surface area contributed by atoms with Crippen LogP contribution in [0.3, 0.4) is 0 Å². The molecular weight excluding hydrogens is 134 g/mol. The van der Waals surface area contributed by atoms with Crippen molar-refractivity contribution in [1.29, 1.82) is 0 Å². The van der Waals surface area contributed by atoms with E-state index < -0.39 is 0 Å². The first kappa shape index (κ1) is 10.5. The molecule has 0 aromatic rings. The van der Waals surface area contributed by atoms with Gasteiger partial charge in [0.15, 0.2) is 0 Å². The molecule has 0 fully saturated rings. The smallest absolute Gasteiger partial charge is 0.00276 e. The lowest BCUT2D eigenvalue weighted by Crippen LogP contribution is -2.05. The number of hydrogen-bond acceptors (Lipinski definition) is 1. The normalized spacial score (nSPS) is 16.7. The van der Waals surface area contributed by atoms with Crippen LogP contribution >= 0.6 is 0 Å². The topological polar surface area (TPSA) is 12.0 Å². The maximum Gasteiger partial charge on any atom is 0.00276 e. The summed E-state index contributed by atoms with van der Waals surface area (Å²) in [5.74, 6) is 1.65. The zero-order valence-electron chi connectivity index (χ0n) is 8.22. The molecule has 0 amide bonds. The van der Waals surface area contributed by atoms with Gasteiger partial charge in [-0.2, -0.15) is 0 Å². The third-order valence-electron chi connectivity index (χ3n) is 2.41. The van der Waals surface area contributed by atoms with Crippen molar-refractivity contribution in [3.63, 3.8) is 0 Å². The van der Waals surface area contributed by atoms with Crippen LogP contribution < -0.4 is 5.32 Å². The van der Waals surface area contributed by atoms with Gasteiger partial charge in [0.25, 0.3) is 0 Å². The molecule has 11 heavy (non-hydrogen) atoms. The van der Waals surface area contributed by atoms with E-state index in [4.69, 9.17) is 0 Å². The number of nitrogens with one attached hydrogen (secondary N) is 1. The minimum Gasteiger partial charge on any atom is -0.394 e. The van der Waals surface area contributed by atoms with E-state index >= 15 is 0 Å². The van der Waals surface area contributed by atoms with Crippen LogP contribution in [0.15, 0.2) is 12.3 Å². The summed E-state index contributed by atoms with van der Waals surface area (Å²) in [6, 6.07) is 0. The molecule has 2 atom stereocenters. The van der Waals surface area contributed by atoms with Crippen LogP contribution in [0.5, 0.6) is 0 Å². The van der Waals surface area contributed by atoms with Crippen molar-refractivity contribution in [2.45, 2.75) is 33.6 Å². The van der Waals surface area contributed by atoms with Gasteiger partial charge in [0.2, 0.25) is 0 Å². The molecule has 2 unspecified atom stereocenters. The Balaban J connectivity index is 3.50. The van der Waals surface area contributed by atoms with E-state index in [0.29, 0.717) is 0 Å². The van der Waals surface area contributed by atoms with Gasteiger partial charge in [0.05, 0.1) is 0 Å². The summed E-state index contributed by atoms with van der Waals surface area (Å²) in [5, 5.41) is 3.00. The Kier molecular flexibility index (Phi) is 6.00. The average Bonchev–Trinajstić information content (AvgIpc) is 2.03. The van der Waals surface area contributed by atoms with Gasteiger partial charge in [0.1, 0.15) is 0 Å². The van der Waals surface area contributed by atoms with Crippen LogP contribution in [0.1, 0.15) is 33.6 Å². The average molecular weight is 155 g/mol. The van der Waals surface area contributed by atoms with Crippen LogP contribution in [0.4, 0.5) is 0 Å². The van der Waals surface area contributed by atoms with Crippen LogP contribution in [0.25, 0.3) is 0 Å². The second-order valence-electron chi connectivity index (χ2n) is 3.29. The molecule has 0 rings (SSSR count). The quantitative estimate of drug-likeness (QED) is 0.643. The molecule has 0 spiro atoms. The Labute approximate surface area is 70.9 Å². The maximum absolute atomic E-state index is 3.00. The molecule has 1 N–H and O–H groups in total. The van der Waals surface area contributed by atoms with E-state index in [1.54, 1.807) is 0 Å². The second-order valence-corrected chi connectivity index (χ2v) is 3.29. The van der Waals surface area contributed by atoms with Crippen LogP contribution in [0, 0.1) is 11.8 Å². The Morgan fingerprint density at radius 2 is 1.91 bits per heavy atom. The van der Waals surface area contributed by atoms with Crippen molar-refractivity contribution >= 4 is 0 Å². The van der Waals surface area contributed by atoms with E-state index in [-0.39, 0.29) is 0 Å². The van der Waals surface area contributed by atoms with Gasteiger partial charge < -0.3 is 5.32 Å². The van der Waals surface area contributed by atoms with Gasteiger partial charge in [0, 0.05) is 7.05 Å². The minimum atomic E-state index is 0.810. The van der Waals surface area contributed by atoms with Crippen LogP contribution in [0.2, 0.25) is 0 Å². The summed E-state index contributed by atoms with van der Waals surface area (Å²) < 4.78 is 0. The highest BCUT2D eigenvalue weighted by molar-refractivity contribution is 4.81. The summed E-state index contributed by atoms with van der Waals surface area (Å²) >= 11 is 0. The number of rotatable bonds is 5. The first-order valence-electron chi connectivity index (χ1n) is 4.54. The number of hydrogen-bond donors (Lipinski definition) is 1. The first-order valence-corrected chi connectivity index (χ1v) is 4.54. The largest absolute Gasteiger partial charge is 0.394 e. The van der Waals surface area contributed by atoms with Gasteiger partial charge in [-0.15, -0.1) is 0 Å². The molecular formula is C10H21N. The van der Waals surface area contributed by atoms with Gasteiger partial charge >= 0.3 is 0 Å². The zero-order valence-corrected chi connectivity index (χ0v) is 8.22. The van der Waals surface area contributed by atoms with Crippen molar-refractivity contribution in [1.82, 2.24) is 5.32 Å². The highest BCUT2D eigenvalue weighted by Gasteiger charge is 2.07. The summed E-state index contributed by atoms with van der Waals surface area (Å²) in [6.07, 6.45) is 6.69. The molecule has 0 aliphatic carbocycles. The van der Waals surface area contributed by atoms with E-state index in [1.165, 1.54) is 12.8 Å². The molecule has 1 heteroatoms. The Morgan fingerprint density at radius 3 is 2.36 bits per heavy atom. The summed E-state index contributed by atoms with van der Waals surface area (Å²) in [5.41, 5.74) is 0. The van der Waals surface area contributed by atoms with Crippen molar-refractivity contribution in [2.24, 2.45) is 11.8 Å². The molecule has 0 radical (unpaired) electrons. The van der Waals surface area contributed by atoms with E-state index in [9.17, 15) is 0 Å². The lowest BCUT2D eigenvalue weighted by Gasteiger charge is -2.15. The number of allylic oxidation sites excluding steroid dienone is 1. The molecule has 0 heterocycles. The Morgan fingerprint density at radius 1 is 1.27 bits per heavy atom. The predicted molar refractivity (Wildman–Crippen MR) is 51.4 cm³/mol. The molecule has 0 aromatic carbocycles. The third kappa shape index (κ3) is 4.88. The van der Waals surface area contributed by atoms with Crippen molar-refractivity contribution < 1.29 is 0 Å². The van der Waals surface area contributed by atoms with Crippen LogP contribution in [-0.2, 0) is 0 Å². The van der Waals surface area contributed by atoms with Gasteiger partial charge in [-0.25, -0.2) is 0 Å². The fourth-order valence-corrected chi connectivity index (χ4v) is 1.04. The maximum atomic E-state index is 3.00. The van der Waals surface area contributed by atoms with E-state index in [0.717, 1.165) is 11.8 Å². The van der Waals surface area contributed by atoms with Gasteiger partial charge in [-0.1, -0.05) is 33.3 Å². The fraction of sp³-hybridized carbons (Fsp3) is 0.800. The van der Waals surface area contributed by atoms with Gasteiger partial charge in [-0.05, 0) is 24.5 Å². The van der Waals surface area contributed by atoms with E-state index in [1.807, 2.05) is 13.2 Å². The van der Waals surface area contributed by atoms with Gasteiger partial charge in [-0.3, -0.25) is 0 Å². The second kappa shape index (κ2) is 6.26. The lowest BCUT2D eigenvalue weighted by molar-refractivity contribution is 0.380. The van der Waals surface area contributed by atoms with Crippen molar-refractivity contribution in [2.75, 3.05) is 7.05 Å². The standard InChI is InChI=1S/C10H21N/c1-5-9(2)10(3)7-6-8-11-4/h6,8-11H,5,7H2,1-4H3/b8-6+. The molecule has 0 aliphatic heterocycles. The fourth-order valence-electron chi connectivity index (χ4n) is 1.04.